The molecule has 5 rings (SSSR count). The zero-order valence-corrected chi connectivity index (χ0v) is 29.0. The SMILES string of the molecule is C=C1CC[C@@](C)([C@H](C)CC(=O)[C@H]2CC(CCC=C(C)C)=CC[C@]2(C)C(=O)O)[C@@]12CCC1=C2CC[C@H]2C(C)(C)C(=O)CC[C@]12C. The summed E-state index contributed by atoms with van der Waals surface area (Å²) >= 11 is 0. The van der Waals surface area contributed by atoms with Gasteiger partial charge in [0.15, 0.2) is 0 Å². The molecule has 242 valence electrons. The second kappa shape index (κ2) is 11.2. The fraction of sp³-hybridized carbons (Fsp3) is 0.725. The third-order valence-corrected chi connectivity index (χ3v) is 14.3. The summed E-state index contributed by atoms with van der Waals surface area (Å²) in [7, 11) is 0. The van der Waals surface area contributed by atoms with Gasteiger partial charge >= 0.3 is 5.97 Å². The van der Waals surface area contributed by atoms with Gasteiger partial charge in [0.2, 0.25) is 0 Å². The van der Waals surface area contributed by atoms with Gasteiger partial charge in [-0.05, 0) is 114 Å². The highest BCUT2D eigenvalue weighted by atomic mass is 16.4. The fourth-order valence-electron chi connectivity index (χ4n) is 11.2. The molecule has 4 heteroatoms. The van der Waals surface area contributed by atoms with Crippen molar-refractivity contribution in [3.8, 4) is 0 Å². The number of hydrogen-bond acceptors (Lipinski definition) is 3. The van der Waals surface area contributed by atoms with Crippen LogP contribution >= 0.6 is 0 Å². The van der Waals surface area contributed by atoms with Crippen molar-refractivity contribution in [2.45, 2.75) is 139 Å². The minimum atomic E-state index is -1.06. The molecule has 5 aliphatic rings. The van der Waals surface area contributed by atoms with Crippen LogP contribution < -0.4 is 0 Å². The average molecular weight is 603 g/mol. The molecule has 1 N–H and O–H groups in total. The lowest BCUT2D eigenvalue weighted by Crippen LogP contribution is -2.51. The molecule has 5 aliphatic carbocycles. The van der Waals surface area contributed by atoms with E-state index in [-0.39, 0.29) is 33.4 Å². The van der Waals surface area contributed by atoms with Crippen LogP contribution in [0.1, 0.15) is 139 Å². The quantitative estimate of drug-likeness (QED) is 0.281. The van der Waals surface area contributed by atoms with E-state index in [1.807, 2.05) is 0 Å². The number of ketones is 2. The van der Waals surface area contributed by atoms with Gasteiger partial charge in [-0.3, -0.25) is 14.4 Å². The molecule has 0 aromatic carbocycles. The van der Waals surface area contributed by atoms with Crippen LogP contribution in [0.2, 0.25) is 0 Å². The predicted molar refractivity (Wildman–Crippen MR) is 178 cm³/mol. The Balaban J connectivity index is 1.43. The predicted octanol–water partition coefficient (Wildman–Crippen LogP) is 9.99. The molecule has 0 heterocycles. The topological polar surface area (TPSA) is 71.4 Å². The van der Waals surface area contributed by atoms with Crippen molar-refractivity contribution in [3.63, 3.8) is 0 Å². The molecule has 4 nitrogen and oxygen atoms in total. The molecule has 0 radical (unpaired) electrons. The van der Waals surface area contributed by atoms with E-state index in [2.05, 4.69) is 60.6 Å². The zero-order valence-electron chi connectivity index (χ0n) is 29.0. The number of carboxylic acids is 1. The number of carbonyl (C=O) groups excluding carboxylic acids is 2. The van der Waals surface area contributed by atoms with Crippen LogP contribution in [0.5, 0.6) is 0 Å². The Labute approximate surface area is 266 Å². The molecule has 7 atom stereocenters. The van der Waals surface area contributed by atoms with E-state index in [0.717, 1.165) is 57.8 Å². The number of hydrogen-bond donors (Lipinski definition) is 1. The number of carbonyl (C=O) groups is 3. The molecule has 2 saturated carbocycles. The molecular formula is C40H58O4. The number of aliphatic carboxylic acids is 1. The van der Waals surface area contributed by atoms with E-state index in [0.29, 0.717) is 37.4 Å². The Morgan fingerprint density at radius 1 is 1.02 bits per heavy atom. The summed E-state index contributed by atoms with van der Waals surface area (Å²) in [6.45, 7) is 22.2. The third kappa shape index (κ3) is 4.79. The first-order valence-corrected chi connectivity index (χ1v) is 17.5. The second-order valence-electron chi connectivity index (χ2n) is 17.0. The first-order chi connectivity index (χ1) is 20.4. The molecule has 0 amide bonds. The van der Waals surface area contributed by atoms with Crippen LogP contribution in [0.4, 0.5) is 0 Å². The van der Waals surface area contributed by atoms with Crippen LogP contribution in [0.3, 0.4) is 0 Å². The highest BCUT2D eigenvalue weighted by Gasteiger charge is 2.65. The Morgan fingerprint density at radius 2 is 1.73 bits per heavy atom. The van der Waals surface area contributed by atoms with Crippen LogP contribution in [-0.2, 0) is 14.4 Å². The summed E-state index contributed by atoms with van der Waals surface area (Å²) in [4.78, 5) is 39.9. The number of carboxylic acid groups (broad SMARTS) is 1. The Bertz CT molecular complexity index is 1350. The lowest BCUT2D eigenvalue weighted by atomic mass is 9.48. The largest absolute Gasteiger partial charge is 0.481 e. The molecule has 0 aromatic rings. The maximum Gasteiger partial charge on any atom is 0.310 e. The van der Waals surface area contributed by atoms with Gasteiger partial charge in [-0.15, -0.1) is 0 Å². The summed E-state index contributed by atoms with van der Waals surface area (Å²) in [6.07, 6.45) is 15.4. The molecule has 0 aliphatic heterocycles. The third-order valence-electron chi connectivity index (χ3n) is 14.3. The van der Waals surface area contributed by atoms with Crippen LogP contribution in [-0.4, -0.2) is 22.6 Å². The first kappa shape index (κ1) is 33.1. The number of Topliss-reactive ketones (excluding diaryl/α,β-unsaturated/α-hetero) is 2. The van der Waals surface area contributed by atoms with Crippen LogP contribution in [0.15, 0.2) is 46.6 Å². The lowest BCUT2D eigenvalue weighted by Gasteiger charge is -2.55. The van der Waals surface area contributed by atoms with Crippen molar-refractivity contribution in [2.24, 2.45) is 44.8 Å². The number of fused-ring (bicyclic) bond motifs is 3. The minimum Gasteiger partial charge on any atom is -0.481 e. The molecular weight excluding hydrogens is 544 g/mol. The van der Waals surface area contributed by atoms with Crippen LogP contribution in [0, 0.1) is 44.8 Å². The van der Waals surface area contributed by atoms with Crippen molar-refractivity contribution in [2.75, 3.05) is 0 Å². The Kier molecular flexibility index (Phi) is 8.46. The standard InChI is InChI=1S/C40H58O4/c1-25(2)11-10-12-28-16-19-38(8,35(43)44)31(24-28)32(41)23-27(4)39(9)21-15-26(3)40(39)22-17-29-30(40)13-14-33-36(5,6)34(42)18-20-37(29,33)7/h11,16,27,31,33H,3,10,12-15,17-24H2,1-2,4-9H3,(H,43,44)/t27-,31-,33+,37-,38+,39+,40+/m1/s1. The summed E-state index contributed by atoms with van der Waals surface area (Å²) in [6, 6.07) is 0. The summed E-state index contributed by atoms with van der Waals surface area (Å²) in [5.74, 6) is -0.305. The van der Waals surface area contributed by atoms with E-state index < -0.39 is 17.3 Å². The first-order valence-electron chi connectivity index (χ1n) is 17.5. The molecule has 0 unspecified atom stereocenters. The second-order valence-corrected chi connectivity index (χ2v) is 17.0. The van der Waals surface area contributed by atoms with Gasteiger partial charge in [0.25, 0.3) is 0 Å². The van der Waals surface area contributed by atoms with Crippen molar-refractivity contribution in [1.82, 2.24) is 0 Å². The average Bonchev–Trinajstić information content (AvgIpc) is 3.48. The minimum absolute atomic E-state index is 0.0525. The molecule has 0 aromatic heterocycles. The summed E-state index contributed by atoms with van der Waals surface area (Å²) in [5.41, 5.74) is 5.58. The van der Waals surface area contributed by atoms with Gasteiger partial charge in [-0.1, -0.05) is 81.2 Å². The highest BCUT2D eigenvalue weighted by Crippen LogP contribution is 2.74. The number of allylic oxidation sites excluding steroid dienone is 7. The van der Waals surface area contributed by atoms with Gasteiger partial charge < -0.3 is 5.11 Å². The van der Waals surface area contributed by atoms with Gasteiger partial charge in [0, 0.05) is 29.6 Å². The highest BCUT2D eigenvalue weighted by molar-refractivity contribution is 5.89. The number of rotatable bonds is 8. The fourth-order valence-corrected chi connectivity index (χ4v) is 11.2. The van der Waals surface area contributed by atoms with Crippen molar-refractivity contribution >= 4 is 17.5 Å². The Hall–Kier alpha value is -2.23. The van der Waals surface area contributed by atoms with Gasteiger partial charge in [-0.25, -0.2) is 0 Å². The van der Waals surface area contributed by atoms with Gasteiger partial charge in [0.05, 0.1) is 5.41 Å². The van der Waals surface area contributed by atoms with Gasteiger partial charge in [0.1, 0.15) is 11.6 Å². The maximum atomic E-state index is 14.3. The van der Waals surface area contributed by atoms with E-state index in [1.54, 1.807) is 18.1 Å². The molecule has 44 heavy (non-hydrogen) atoms. The van der Waals surface area contributed by atoms with E-state index in [1.165, 1.54) is 16.7 Å². The van der Waals surface area contributed by atoms with Crippen molar-refractivity contribution < 1.29 is 19.5 Å². The monoisotopic (exact) mass is 602 g/mol. The van der Waals surface area contributed by atoms with E-state index >= 15 is 0 Å². The van der Waals surface area contributed by atoms with E-state index in [4.69, 9.17) is 6.58 Å². The smallest absolute Gasteiger partial charge is 0.310 e. The summed E-state index contributed by atoms with van der Waals surface area (Å²) in [5, 5.41) is 10.3. The Morgan fingerprint density at radius 3 is 2.39 bits per heavy atom. The van der Waals surface area contributed by atoms with Gasteiger partial charge in [-0.2, -0.15) is 0 Å². The zero-order chi connectivity index (χ0) is 32.5. The normalized spacial score (nSPS) is 38.7. The molecule has 0 bridgehead atoms. The maximum absolute atomic E-state index is 14.3. The molecule has 2 fully saturated rings. The van der Waals surface area contributed by atoms with Crippen LogP contribution in [0.25, 0.3) is 0 Å². The van der Waals surface area contributed by atoms with Crippen molar-refractivity contribution in [3.05, 3.63) is 46.6 Å². The van der Waals surface area contributed by atoms with Crippen molar-refractivity contribution in [1.29, 1.82) is 0 Å². The van der Waals surface area contributed by atoms with E-state index in [9.17, 15) is 19.5 Å². The molecule has 0 saturated heterocycles. The summed E-state index contributed by atoms with van der Waals surface area (Å²) < 4.78 is 0. The lowest BCUT2D eigenvalue weighted by molar-refractivity contribution is -0.155. The molecule has 1 spiro atoms.